The van der Waals surface area contributed by atoms with Gasteiger partial charge in [0.15, 0.2) is 0 Å². The Morgan fingerprint density at radius 1 is 0.460 bits per heavy atom. The van der Waals surface area contributed by atoms with Gasteiger partial charge in [-0.3, -0.25) is 0 Å². The second-order valence-corrected chi connectivity index (χ2v) is 14.6. The largest absolute Gasteiger partial charge is 0.456 e. The molecule has 3 saturated carbocycles. The van der Waals surface area contributed by atoms with Crippen LogP contribution in [0.25, 0.3) is 55.3 Å². The van der Waals surface area contributed by atoms with E-state index in [1.165, 1.54) is 52.6 Å². The predicted octanol–water partition coefficient (Wildman–Crippen LogP) is 13.1. The first kappa shape index (κ1) is 28.0. The monoisotopic (exact) mass is 641 g/mol. The zero-order valence-corrected chi connectivity index (χ0v) is 27.7. The molecule has 7 aromatic carbocycles. The fraction of sp³-hybridized carbons (Fsp3) is 0.125. The van der Waals surface area contributed by atoms with Gasteiger partial charge in [-0.1, -0.05) is 103 Å². The van der Waals surface area contributed by atoms with Crippen molar-refractivity contribution in [2.24, 2.45) is 11.8 Å². The number of hydrogen-bond acceptors (Lipinski definition) is 2. The zero-order valence-electron chi connectivity index (χ0n) is 27.7. The lowest BCUT2D eigenvalue weighted by atomic mass is 9.69. The summed E-state index contributed by atoms with van der Waals surface area (Å²) in [5.41, 5.74) is 16.1. The molecule has 2 nitrogen and oxygen atoms in total. The molecule has 12 rings (SSSR count). The highest BCUT2D eigenvalue weighted by Crippen LogP contribution is 2.68. The maximum Gasteiger partial charge on any atom is 0.137 e. The van der Waals surface area contributed by atoms with Crippen LogP contribution < -0.4 is 4.90 Å². The molecule has 0 radical (unpaired) electrons. The molecule has 50 heavy (non-hydrogen) atoms. The van der Waals surface area contributed by atoms with E-state index in [9.17, 15) is 0 Å². The highest BCUT2D eigenvalue weighted by atomic mass is 16.3. The van der Waals surface area contributed by atoms with Crippen LogP contribution in [0.3, 0.4) is 0 Å². The lowest BCUT2D eigenvalue weighted by Gasteiger charge is -2.34. The Kier molecular flexibility index (Phi) is 5.92. The quantitative estimate of drug-likeness (QED) is 0.186. The number of benzene rings is 7. The normalized spacial score (nSPS) is 19.8. The van der Waals surface area contributed by atoms with E-state index in [2.05, 4.69) is 169 Å². The standard InChI is InChI=1S/C48H35NO/c1-3-10-32(11-4-1)33-12-9-15-38(26-33)49(37-13-5-2-6-14-37)39-20-23-43-42-22-19-35(28-46(42)50-47(43)29-39)34-18-21-41-40-16-7-8-17-44(40)48(45(41)27-34)30-31-24-36(48)25-31/h1-23,26-29,31,36H,24-25,30H2. The summed E-state index contributed by atoms with van der Waals surface area (Å²) < 4.78 is 6.70. The third-order valence-electron chi connectivity index (χ3n) is 12.0. The van der Waals surface area contributed by atoms with E-state index in [4.69, 9.17) is 4.42 Å². The van der Waals surface area contributed by atoms with Crippen molar-refractivity contribution in [1.29, 1.82) is 0 Å². The average molecular weight is 642 g/mol. The van der Waals surface area contributed by atoms with Gasteiger partial charge in [-0.05, 0) is 130 Å². The van der Waals surface area contributed by atoms with Gasteiger partial charge in [0.1, 0.15) is 11.2 Å². The molecule has 0 saturated heterocycles. The summed E-state index contributed by atoms with van der Waals surface area (Å²) >= 11 is 0. The zero-order chi connectivity index (χ0) is 32.8. The summed E-state index contributed by atoms with van der Waals surface area (Å²) in [6.07, 6.45) is 4.06. The van der Waals surface area contributed by atoms with Crippen LogP contribution >= 0.6 is 0 Å². The molecule has 1 aromatic heterocycles. The molecule has 4 aliphatic carbocycles. The molecule has 1 atom stereocenters. The molecular weight excluding hydrogens is 607 g/mol. The Labute approximate surface area is 292 Å². The van der Waals surface area contributed by atoms with Gasteiger partial charge in [0, 0.05) is 39.3 Å². The second-order valence-electron chi connectivity index (χ2n) is 14.6. The second kappa shape index (κ2) is 10.6. The van der Waals surface area contributed by atoms with Gasteiger partial charge in [-0.15, -0.1) is 0 Å². The molecule has 2 bridgehead atoms. The Morgan fingerprint density at radius 3 is 1.90 bits per heavy atom. The van der Waals surface area contributed by atoms with Crippen molar-refractivity contribution in [1.82, 2.24) is 0 Å². The van der Waals surface area contributed by atoms with E-state index < -0.39 is 0 Å². The van der Waals surface area contributed by atoms with E-state index in [0.717, 1.165) is 50.8 Å². The molecule has 2 heteroatoms. The number of anilines is 3. The van der Waals surface area contributed by atoms with Crippen LogP contribution in [0.1, 0.15) is 30.4 Å². The lowest BCUT2D eigenvalue weighted by molar-refractivity contribution is 0.272. The predicted molar refractivity (Wildman–Crippen MR) is 206 cm³/mol. The average Bonchev–Trinajstić information content (AvgIpc) is 3.91. The van der Waals surface area contributed by atoms with Gasteiger partial charge >= 0.3 is 0 Å². The van der Waals surface area contributed by atoms with Crippen LogP contribution in [0.2, 0.25) is 0 Å². The first-order valence-corrected chi connectivity index (χ1v) is 17.9. The summed E-state index contributed by atoms with van der Waals surface area (Å²) in [6.45, 7) is 0. The number of fused-ring (bicyclic) bond motifs is 6. The first-order valence-electron chi connectivity index (χ1n) is 17.9. The smallest absolute Gasteiger partial charge is 0.137 e. The number of rotatable bonds is 5. The van der Waals surface area contributed by atoms with Gasteiger partial charge in [0.25, 0.3) is 0 Å². The molecule has 8 aromatic rings. The minimum absolute atomic E-state index is 0.192. The molecule has 4 aliphatic rings. The minimum atomic E-state index is 0.192. The maximum atomic E-state index is 6.70. The van der Waals surface area contributed by atoms with Crippen LogP contribution in [-0.2, 0) is 5.41 Å². The Hall–Kier alpha value is -5.86. The number of para-hydroxylation sites is 1. The Morgan fingerprint density at radius 2 is 1.08 bits per heavy atom. The molecule has 0 aliphatic heterocycles. The van der Waals surface area contributed by atoms with Crippen LogP contribution in [0, 0.1) is 11.8 Å². The summed E-state index contributed by atoms with van der Waals surface area (Å²) in [5.74, 6) is 1.65. The van der Waals surface area contributed by atoms with E-state index in [0.29, 0.717) is 0 Å². The van der Waals surface area contributed by atoms with Crippen molar-refractivity contribution in [3.8, 4) is 33.4 Å². The van der Waals surface area contributed by atoms with Gasteiger partial charge in [0.2, 0.25) is 0 Å². The summed E-state index contributed by atoms with van der Waals surface area (Å²) in [6, 6.07) is 59.8. The number of furan rings is 1. The topological polar surface area (TPSA) is 16.4 Å². The first-order chi connectivity index (χ1) is 24.7. The molecule has 3 fully saturated rings. The summed E-state index contributed by atoms with van der Waals surface area (Å²) in [5, 5.41) is 2.28. The molecule has 0 N–H and O–H groups in total. The Bertz CT molecular complexity index is 2590. The molecule has 238 valence electrons. The third-order valence-corrected chi connectivity index (χ3v) is 12.0. The molecule has 1 spiro atoms. The van der Waals surface area contributed by atoms with Crippen LogP contribution in [0.15, 0.2) is 168 Å². The SMILES string of the molecule is c1ccc(-c2cccc(N(c3ccccc3)c3ccc4c(c3)oc3cc(-c5ccc6c(c5)C5(CC7CC5C7)c5ccccc5-6)ccc34)c2)cc1. The van der Waals surface area contributed by atoms with Gasteiger partial charge in [0.05, 0.1) is 0 Å². The maximum absolute atomic E-state index is 6.70. The highest BCUT2D eigenvalue weighted by molar-refractivity contribution is 6.07. The third kappa shape index (κ3) is 4.02. The van der Waals surface area contributed by atoms with E-state index >= 15 is 0 Å². The van der Waals surface area contributed by atoms with E-state index in [-0.39, 0.29) is 5.41 Å². The van der Waals surface area contributed by atoms with Crippen molar-refractivity contribution in [3.63, 3.8) is 0 Å². The molecule has 0 amide bonds. The van der Waals surface area contributed by atoms with Crippen LogP contribution in [-0.4, -0.2) is 0 Å². The molecule has 1 heterocycles. The summed E-state index contributed by atoms with van der Waals surface area (Å²) in [4.78, 5) is 2.32. The van der Waals surface area contributed by atoms with Gasteiger partial charge in [-0.2, -0.15) is 0 Å². The number of nitrogens with zero attached hydrogens (tertiary/aromatic N) is 1. The van der Waals surface area contributed by atoms with E-state index in [1.807, 2.05) is 0 Å². The van der Waals surface area contributed by atoms with Crippen molar-refractivity contribution in [2.45, 2.75) is 24.7 Å². The van der Waals surface area contributed by atoms with Crippen molar-refractivity contribution in [2.75, 3.05) is 4.90 Å². The van der Waals surface area contributed by atoms with Gasteiger partial charge in [-0.25, -0.2) is 0 Å². The number of hydrogen-bond donors (Lipinski definition) is 0. The molecule has 1 unspecified atom stereocenters. The van der Waals surface area contributed by atoms with Gasteiger partial charge < -0.3 is 9.32 Å². The minimum Gasteiger partial charge on any atom is -0.456 e. The highest BCUT2D eigenvalue weighted by Gasteiger charge is 2.60. The van der Waals surface area contributed by atoms with Crippen LogP contribution in [0.4, 0.5) is 17.1 Å². The molecular formula is C48H35NO. The Balaban J connectivity index is 1.000. The van der Waals surface area contributed by atoms with E-state index in [1.54, 1.807) is 11.1 Å². The van der Waals surface area contributed by atoms with Crippen molar-refractivity contribution in [3.05, 3.63) is 175 Å². The summed E-state index contributed by atoms with van der Waals surface area (Å²) in [7, 11) is 0. The van der Waals surface area contributed by atoms with Crippen molar-refractivity contribution < 1.29 is 4.42 Å². The fourth-order valence-corrected chi connectivity index (χ4v) is 9.73. The fourth-order valence-electron chi connectivity index (χ4n) is 9.73. The van der Waals surface area contributed by atoms with Crippen LogP contribution in [0.5, 0.6) is 0 Å². The van der Waals surface area contributed by atoms with Crippen molar-refractivity contribution >= 4 is 39.0 Å². The lowest BCUT2D eigenvalue weighted by Crippen LogP contribution is -2.29.